The molecular weight excluding hydrogens is 484 g/mol. The smallest absolute Gasteiger partial charge is 0.293 e. The first-order chi connectivity index (χ1) is 17.4. The lowest BCUT2D eigenvalue weighted by Gasteiger charge is -2.32. The van der Waals surface area contributed by atoms with Crippen LogP contribution in [0, 0.1) is 0 Å². The summed E-state index contributed by atoms with van der Waals surface area (Å²) in [5.74, 6) is 1.16. The number of benzene rings is 1. The van der Waals surface area contributed by atoms with Crippen LogP contribution < -0.4 is 20.5 Å². The highest BCUT2D eigenvalue weighted by atomic mass is 35.5. The molecule has 2 aromatic heterocycles. The maximum atomic E-state index is 13.0. The van der Waals surface area contributed by atoms with E-state index in [0.29, 0.717) is 36.4 Å². The third-order valence-corrected chi connectivity index (χ3v) is 6.42. The maximum Gasteiger partial charge on any atom is 0.293 e. The van der Waals surface area contributed by atoms with Gasteiger partial charge >= 0.3 is 0 Å². The topological polar surface area (TPSA) is 102 Å². The van der Waals surface area contributed by atoms with Gasteiger partial charge in [-0.3, -0.25) is 9.59 Å². The van der Waals surface area contributed by atoms with E-state index in [1.807, 2.05) is 18.2 Å². The number of likely N-dealkylation sites (N-methyl/N-ethyl adjacent to an activating group) is 1. The van der Waals surface area contributed by atoms with Gasteiger partial charge in [-0.25, -0.2) is 4.98 Å². The normalized spacial score (nSPS) is 14.3. The number of pyridine rings is 1. The number of nitrogens with zero attached hydrogens (tertiary/aromatic N) is 5. The Bertz CT molecular complexity index is 1290. The molecule has 0 unspecified atom stereocenters. The molecule has 0 spiro atoms. The molecule has 36 heavy (non-hydrogen) atoms. The average Bonchev–Trinajstić information content (AvgIpc) is 2.88. The Morgan fingerprint density at radius 2 is 1.97 bits per heavy atom. The molecule has 11 heteroatoms. The predicted molar refractivity (Wildman–Crippen MR) is 141 cm³/mol. The van der Waals surface area contributed by atoms with Crippen LogP contribution in [0.2, 0.25) is 5.02 Å². The zero-order valence-corrected chi connectivity index (χ0v) is 21.5. The molecule has 1 aromatic carbocycles. The first-order valence-electron chi connectivity index (χ1n) is 11.9. The van der Waals surface area contributed by atoms with E-state index in [-0.39, 0.29) is 23.7 Å². The van der Waals surface area contributed by atoms with Crippen LogP contribution >= 0.6 is 11.6 Å². The molecule has 1 saturated heterocycles. The molecule has 1 aliphatic heterocycles. The Morgan fingerprint density at radius 3 is 2.69 bits per heavy atom. The van der Waals surface area contributed by atoms with Crippen molar-refractivity contribution in [2.24, 2.45) is 0 Å². The van der Waals surface area contributed by atoms with E-state index >= 15 is 0 Å². The van der Waals surface area contributed by atoms with Crippen molar-refractivity contribution in [2.75, 3.05) is 63.8 Å². The molecule has 10 nitrogen and oxygen atoms in total. The number of halogens is 1. The average molecular weight is 515 g/mol. The van der Waals surface area contributed by atoms with Gasteiger partial charge in [-0.05, 0) is 31.3 Å². The highest BCUT2D eigenvalue weighted by molar-refractivity contribution is 6.32. The number of ether oxygens (including phenoxy) is 2. The number of piperazine rings is 1. The van der Waals surface area contributed by atoms with Crippen molar-refractivity contribution in [3.63, 3.8) is 0 Å². The highest BCUT2D eigenvalue weighted by Crippen LogP contribution is 2.28. The van der Waals surface area contributed by atoms with Gasteiger partial charge in [0.1, 0.15) is 11.6 Å². The Balaban J connectivity index is 1.65. The van der Waals surface area contributed by atoms with Crippen LogP contribution in [0.3, 0.4) is 0 Å². The lowest BCUT2D eigenvalue weighted by Crippen LogP contribution is -2.45. The number of fused-ring (bicyclic) bond motifs is 1. The van der Waals surface area contributed by atoms with Crippen LogP contribution in [-0.2, 0) is 16.1 Å². The number of Topliss-reactive ketones (excluding diaryl/α,β-unsaturated/α-hetero) is 1. The molecule has 192 valence electrons. The zero-order valence-electron chi connectivity index (χ0n) is 20.8. The van der Waals surface area contributed by atoms with Crippen LogP contribution in [0.5, 0.6) is 5.75 Å². The maximum absolute atomic E-state index is 13.0. The number of rotatable bonds is 10. The Kier molecular flexibility index (Phi) is 8.40. The molecule has 1 fully saturated rings. The minimum atomic E-state index is -0.306. The zero-order chi connectivity index (χ0) is 25.7. The number of hydrogen-bond acceptors (Lipinski definition) is 9. The summed E-state index contributed by atoms with van der Waals surface area (Å²) in [6.45, 7) is 5.89. The molecule has 1 aliphatic rings. The van der Waals surface area contributed by atoms with E-state index in [1.165, 1.54) is 0 Å². The van der Waals surface area contributed by atoms with Gasteiger partial charge in [0.05, 0.1) is 18.3 Å². The monoisotopic (exact) mass is 514 g/mol. The molecule has 4 rings (SSSR count). The Morgan fingerprint density at radius 1 is 1.19 bits per heavy atom. The Labute approximate surface area is 214 Å². The standard InChI is InChI=1S/C25H31ClN6O4/c1-4-19(33)16-36-22-14-17-13-18(5-6-21(17)32(24(22)34)11-12-35-3)28-23-20(26)15-27-25(29-23)31-9-7-30(2)8-10-31/h5-6,13-15H,4,7-12,16H2,1-3H3,(H,27,28,29). The van der Waals surface area contributed by atoms with E-state index in [4.69, 9.17) is 21.1 Å². The van der Waals surface area contributed by atoms with Gasteiger partial charge < -0.3 is 29.2 Å². The van der Waals surface area contributed by atoms with Gasteiger partial charge in [0, 0.05) is 57.3 Å². The lowest BCUT2D eigenvalue weighted by atomic mass is 10.1. The fraction of sp³-hybridized carbons (Fsp3) is 0.440. The third kappa shape index (κ3) is 5.95. The van der Waals surface area contributed by atoms with Crippen molar-refractivity contribution in [3.05, 3.63) is 45.8 Å². The van der Waals surface area contributed by atoms with E-state index < -0.39 is 0 Å². The van der Waals surface area contributed by atoms with E-state index in [2.05, 4.69) is 32.1 Å². The van der Waals surface area contributed by atoms with Crippen LogP contribution in [0.25, 0.3) is 10.9 Å². The number of hydrogen-bond donors (Lipinski definition) is 1. The van der Waals surface area contributed by atoms with Gasteiger partial charge in [-0.2, -0.15) is 4.98 Å². The minimum Gasteiger partial charge on any atom is -0.480 e. The first kappa shape index (κ1) is 25.9. The highest BCUT2D eigenvalue weighted by Gasteiger charge is 2.18. The number of aromatic nitrogens is 3. The fourth-order valence-electron chi connectivity index (χ4n) is 3.95. The largest absolute Gasteiger partial charge is 0.480 e. The number of nitrogens with one attached hydrogen (secondary N) is 1. The number of anilines is 3. The molecule has 0 saturated carbocycles. The molecule has 0 radical (unpaired) electrons. The fourth-order valence-corrected chi connectivity index (χ4v) is 4.09. The second kappa shape index (κ2) is 11.7. The van der Waals surface area contributed by atoms with Gasteiger partial charge in [-0.15, -0.1) is 0 Å². The molecule has 0 amide bonds. The number of carbonyl (C=O) groups excluding carboxylic acids is 1. The van der Waals surface area contributed by atoms with Crippen molar-refractivity contribution in [2.45, 2.75) is 19.9 Å². The number of ketones is 1. The van der Waals surface area contributed by atoms with Crippen LogP contribution in [0.4, 0.5) is 17.5 Å². The summed E-state index contributed by atoms with van der Waals surface area (Å²) in [4.78, 5) is 38.3. The summed E-state index contributed by atoms with van der Waals surface area (Å²) in [6.07, 6.45) is 1.94. The number of methoxy groups -OCH3 is 1. The van der Waals surface area contributed by atoms with Gasteiger partial charge in [0.25, 0.3) is 5.56 Å². The predicted octanol–water partition coefficient (Wildman–Crippen LogP) is 2.94. The molecule has 0 aliphatic carbocycles. The quantitative estimate of drug-likeness (QED) is 0.437. The van der Waals surface area contributed by atoms with Crippen molar-refractivity contribution >= 4 is 45.7 Å². The lowest BCUT2D eigenvalue weighted by molar-refractivity contribution is -0.120. The molecule has 0 atom stereocenters. The van der Waals surface area contributed by atoms with Crippen LogP contribution in [-0.4, -0.2) is 78.8 Å². The molecule has 1 N–H and O–H groups in total. The van der Waals surface area contributed by atoms with Crippen molar-refractivity contribution in [1.29, 1.82) is 0 Å². The van der Waals surface area contributed by atoms with Gasteiger partial charge in [-0.1, -0.05) is 18.5 Å². The molecular formula is C25H31ClN6O4. The minimum absolute atomic E-state index is 0.0806. The first-order valence-corrected chi connectivity index (χ1v) is 12.3. The van der Waals surface area contributed by atoms with Crippen molar-refractivity contribution in [3.8, 4) is 5.75 Å². The van der Waals surface area contributed by atoms with Crippen LogP contribution in [0.15, 0.2) is 35.3 Å². The summed E-state index contributed by atoms with van der Waals surface area (Å²) in [7, 11) is 3.68. The second-order valence-electron chi connectivity index (χ2n) is 8.69. The SMILES string of the molecule is CCC(=O)COc1cc2cc(Nc3nc(N4CCN(C)CC4)ncc3Cl)ccc2n(CCOC)c1=O. The summed E-state index contributed by atoms with van der Waals surface area (Å²) in [6, 6.07) is 7.26. The summed E-state index contributed by atoms with van der Waals surface area (Å²) >= 11 is 6.41. The van der Waals surface area contributed by atoms with Crippen LogP contribution in [0.1, 0.15) is 13.3 Å². The third-order valence-electron chi connectivity index (χ3n) is 6.14. The summed E-state index contributed by atoms with van der Waals surface area (Å²) < 4.78 is 12.4. The van der Waals surface area contributed by atoms with Crippen molar-refractivity contribution < 1.29 is 14.3 Å². The summed E-state index contributed by atoms with van der Waals surface area (Å²) in [5.41, 5.74) is 1.16. The van der Waals surface area contributed by atoms with E-state index in [0.717, 1.165) is 42.8 Å². The molecule has 0 bridgehead atoms. The van der Waals surface area contributed by atoms with E-state index in [1.54, 1.807) is 30.9 Å². The van der Waals surface area contributed by atoms with Gasteiger partial charge in [0.2, 0.25) is 5.95 Å². The molecule has 3 heterocycles. The van der Waals surface area contributed by atoms with Gasteiger partial charge in [0.15, 0.2) is 17.4 Å². The second-order valence-corrected chi connectivity index (χ2v) is 9.10. The van der Waals surface area contributed by atoms with E-state index in [9.17, 15) is 9.59 Å². The van der Waals surface area contributed by atoms with Crippen molar-refractivity contribution in [1.82, 2.24) is 19.4 Å². The summed E-state index contributed by atoms with van der Waals surface area (Å²) in [5, 5.41) is 4.45. The molecule has 3 aromatic rings. The number of carbonyl (C=O) groups is 1. The Hall–Kier alpha value is -3.21.